The van der Waals surface area contributed by atoms with E-state index in [1.807, 2.05) is 6.07 Å². The number of rotatable bonds is 8. The number of carbonyl (C=O) groups is 2. The number of para-hydroxylation sites is 1. The van der Waals surface area contributed by atoms with Crippen LogP contribution in [0.2, 0.25) is 0 Å². The Morgan fingerprint density at radius 1 is 0.970 bits per heavy atom. The van der Waals surface area contributed by atoms with Crippen molar-refractivity contribution in [1.82, 2.24) is 0 Å². The third-order valence-electron chi connectivity index (χ3n) is 4.72. The van der Waals surface area contributed by atoms with Gasteiger partial charge in [0.15, 0.2) is 0 Å². The third-order valence-corrected chi connectivity index (χ3v) is 6.62. The molecule has 0 saturated carbocycles. The smallest absolute Gasteiger partial charge is 0.308 e. The summed E-state index contributed by atoms with van der Waals surface area (Å²) in [4.78, 5) is 23.8. The Morgan fingerprint density at radius 2 is 1.64 bits per heavy atom. The summed E-state index contributed by atoms with van der Waals surface area (Å²) in [5, 5.41) is 2.69. The van der Waals surface area contributed by atoms with Crippen LogP contribution in [0.3, 0.4) is 0 Å². The fraction of sp³-hybridized carbons (Fsp3) is 0.167. The molecule has 0 fully saturated rings. The van der Waals surface area contributed by atoms with E-state index in [9.17, 15) is 18.0 Å². The zero-order chi connectivity index (χ0) is 24.0. The van der Waals surface area contributed by atoms with Crippen molar-refractivity contribution in [2.75, 3.05) is 23.3 Å². The van der Waals surface area contributed by atoms with Gasteiger partial charge in [0.05, 0.1) is 23.4 Å². The van der Waals surface area contributed by atoms with Gasteiger partial charge in [-0.2, -0.15) is 0 Å². The molecular formula is C24H24N2O6S. The van der Waals surface area contributed by atoms with Crippen LogP contribution in [0.1, 0.15) is 24.2 Å². The van der Waals surface area contributed by atoms with Crippen LogP contribution in [0, 0.1) is 0 Å². The van der Waals surface area contributed by atoms with Crippen LogP contribution < -0.4 is 19.1 Å². The van der Waals surface area contributed by atoms with E-state index in [1.54, 1.807) is 31.2 Å². The molecule has 0 aliphatic carbocycles. The third kappa shape index (κ3) is 5.50. The van der Waals surface area contributed by atoms with Crippen LogP contribution in [0.5, 0.6) is 11.5 Å². The molecule has 1 amide bonds. The lowest BCUT2D eigenvalue weighted by atomic mass is 10.2. The normalized spacial score (nSPS) is 10.9. The Hall–Kier alpha value is -3.85. The molecule has 0 aliphatic heterocycles. The Kier molecular flexibility index (Phi) is 7.34. The molecule has 0 bridgehead atoms. The SMILES string of the molecule is CCN(c1ccccc1)S(=O)(=O)c1ccc(OC)c(NC(=O)c2ccc(OC(C)=O)cc2)c1. The zero-order valence-corrected chi connectivity index (χ0v) is 19.3. The minimum absolute atomic E-state index is 0.00880. The van der Waals surface area contributed by atoms with Crippen molar-refractivity contribution in [3.63, 3.8) is 0 Å². The molecule has 0 unspecified atom stereocenters. The van der Waals surface area contributed by atoms with Crippen molar-refractivity contribution in [3.8, 4) is 11.5 Å². The highest BCUT2D eigenvalue weighted by molar-refractivity contribution is 7.92. The lowest BCUT2D eigenvalue weighted by Gasteiger charge is -2.23. The summed E-state index contributed by atoms with van der Waals surface area (Å²) in [6.45, 7) is 3.26. The highest BCUT2D eigenvalue weighted by atomic mass is 32.2. The van der Waals surface area contributed by atoms with Gasteiger partial charge in [-0.05, 0) is 61.5 Å². The molecule has 0 spiro atoms. The van der Waals surface area contributed by atoms with Gasteiger partial charge in [-0.1, -0.05) is 18.2 Å². The van der Waals surface area contributed by atoms with Crippen LogP contribution in [0.4, 0.5) is 11.4 Å². The zero-order valence-electron chi connectivity index (χ0n) is 18.4. The maximum atomic E-state index is 13.3. The Labute approximate surface area is 192 Å². The van der Waals surface area contributed by atoms with Gasteiger partial charge in [-0.15, -0.1) is 0 Å². The van der Waals surface area contributed by atoms with E-state index in [4.69, 9.17) is 9.47 Å². The molecule has 9 heteroatoms. The van der Waals surface area contributed by atoms with Gasteiger partial charge in [0.1, 0.15) is 11.5 Å². The first kappa shape index (κ1) is 23.8. The molecule has 0 saturated heterocycles. The molecule has 0 radical (unpaired) electrons. The summed E-state index contributed by atoms with van der Waals surface area (Å²) >= 11 is 0. The van der Waals surface area contributed by atoms with Crippen LogP contribution in [0.15, 0.2) is 77.7 Å². The fourth-order valence-electron chi connectivity index (χ4n) is 3.19. The van der Waals surface area contributed by atoms with Crippen LogP contribution in [0.25, 0.3) is 0 Å². The van der Waals surface area contributed by atoms with E-state index in [0.717, 1.165) is 0 Å². The highest BCUT2D eigenvalue weighted by Crippen LogP contribution is 2.31. The number of carbonyl (C=O) groups excluding carboxylic acids is 2. The average molecular weight is 469 g/mol. The van der Waals surface area contributed by atoms with Gasteiger partial charge in [0.25, 0.3) is 15.9 Å². The largest absolute Gasteiger partial charge is 0.495 e. The number of amides is 1. The van der Waals surface area contributed by atoms with Crippen molar-refractivity contribution in [2.24, 2.45) is 0 Å². The van der Waals surface area contributed by atoms with Crippen molar-refractivity contribution in [2.45, 2.75) is 18.7 Å². The van der Waals surface area contributed by atoms with Gasteiger partial charge in [-0.3, -0.25) is 13.9 Å². The fourth-order valence-corrected chi connectivity index (χ4v) is 4.69. The number of esters is 1. The maximum Gasteiger partial charge on any atom is 0.308 e. The number of methoxy groups -OCH3 is 1. The second-order valence-electron chi connectivity index (χ2n) is 6.94. The van der Waals surface area contributed by atoms with E-state index in [0.29, 0.717) is 22.7 Å². The standard InChI is InChI=1S/C24H24N2O6S/c1-4-26(19-8-6-5-7-9-19)33(29,30)21-14-15-23(31-3)22(16-21)25-24(28)18-10-12-20(13-11-18)32-17(2)27/h5-16H,4H2,1-3H3,(H,25,28). The number of nitrogens with zero attached hydrogens (tertiary/aromatic N) is 1. The Morgan fingerprint density at radius 3 is 2.21 bits per heavy atom. The van der Waals surface area contributed by atoms with Crippen LogP contribution in [-0.4, -0.2) is 33.9 Å². The van der Waals surface area contributed by atoms with E-state index in [-0.39, 0.29) is 17.1 Å². The summed E-state index contributed by atoms with van der Waals surface area (Å²) in [5.74, 6) is -0.328. The first-order valence-corrected chi connectivity index (χ1v) is 11.6. The van der Waals surface area contributed by atoms with E-state index in [2.05, 4.69) is 5.32 Å². The number of hydrogen-bond acceptors (Lipinski definition) is 6. The number of benzene rings is 3. The Balaban J connectivity index is 1.90. The average Bonchev–Trinajstić information content (AvgIpc) is 2.80. The monoisotopic (exact) mass is 468 g/mol. The molecule has 172 valence electrons. The summed E-state index contributed by atoms with van der Waals surface area (Å²) in [7, 11) is -2.47. The van der Waals surface area contributed by atoms with Gasteiger partial charge >= 0.3 is 5.97 Å². The van der Waals surface area contributed by atoms with Crippen LogP contribution >= 0.6 is 0 Å². The molecule has 8 nitrogen and oxygen atoms in total. The Bertz CT molecular complexity index is 1240. The number of anilines is 2. The van der Waals surface area contributed by atoms with Crippen molar-refractivity contribution >= 4 is 33.3 Å². The van der Waals surface area contributed by atoms with Gasteiger partial charge in [-0.25, -0.2) is 8.42 Å². The van der Waals surface area contributed by atoms with E-state index >= 15 is 0 Å². The van der Waals surface area contributed by atoms with E-state index < -0.39 is 21.9 Å². The molecule has 3 aromatic rings. The molecule has 33 heavy (non-hydrogen) atoms. The summed E-state index contributed by atoms with van der Waals surface area (Å²) in [6, 6.07) is 19.0. The molecular weight excluding hydrogens is 444 g/mol. The molecule has 0 aromatic heterocycles. The number of ether oxygens (including phenoxy) is 2. The molecule has 1 N–H and O–H groups in total. The lowest BCUT2D eigenvalue weighted by Crippen LogP contribution is -2.30. The number of hydrogen-bond donors (Lipinski definition) is 1. The summed E-state index contributed by atoms with van der Waals surface area (Å²) < 4.78 is 38.2. The molecule has 3 rings (SSSR count). The van der Waals surface area contributed by atoms with Gasteiger partial charge in [0.2, 0.25) is 0 Å². The minimum Gasteiger partial charge on any atom is -0.495 e. The summed E-state index contributed by atoms with van der Waals surface area (Å²) in [5.41, 5.74) is 1.03. The molecule has 0 atom stereocenters. The maximum absolute atomic E-state index is 13.3. The van der Waals surface area contributed by atoms with Crippen molar-refractivity contribution < 1.29 is 27.5 Å². The topological polar surface area (TPSA) is 102 Å². The first-order chi connectivity index (χ1) is 15.8. The quantitative estimate of drug-likeness (QED) is 0.395. The molecule has 0 heterocycles. The lowest BCUT2D eigenvalue weighted by molar-refractivity contribution is -0.131. The van der Waals surface area contributed by atoms with Crippen molar-refractivity contribution in [3.05, 3.63) is 78.4 Å². The van der Waals surface area contributed by atoms with E-state index in [1.165, 1.54) is 60.8 Å². The number of sulfonamides is 1. The van der Waals surface area contributed by atoms with Gasteiger partial charge < -0.3 is 14.8 Å². The first-order valence-electron chi connectivity index (χ1n) is 10.1. The second kappa shape index (κ2) is 10.2. The summed E-state index contributed by atoms with van der Waals surface area (Å²) in [6.07, 6.45) is 0. The molecule has 0 aliphatic rings. The second-order valence-corrected chi connectivity index (χ2v) is 8.80. The van der Waals surface area contributed by atoms with Gasteiger partial charge in [0, 0.05) is 19.0 Å². The predicted molar refractivity (Wildman–Crippen MR) is 125 cm³/mol. The predicted octanol–water partition coefficient (Wildman–Crippen LogP) is 4.09. The van der Waals surface area contributed by atoms with Crippen molar-refractivity contribution in [1.29, 1.82) is 0 Å². The minimum atomic E-state index is -3.89. The molecule has 3 aromatic carbocycles. The van der Waals surface area contributed by atoms with Crippen LogP contribution in [-0.2, 0) is 14.8 Å². The highest BCUT2D eigenvalue weighted by Gasteiger charge is 2.25. The number of nitrogens with one attached hydrogen (secondary N) is 1.